The summed E-state index contributed by atoms with van der Waals surface area (Å²) < 4.78 is 0. The molecular formula is C15H26N4OS. The molecule has 1 atom stereocenters. The van der Waals surface area contributed by atoms with Crippen molar-refractivity contribution in [2.75, 3.05) is 30.3 Å². The summed E-state index contributed by atoms with van der Waals surface area (Å²) in [6.07, 6.45) is 4.60. The Balaban J connectivity index is 2.19. The van der Waals surface area contributed by atoms with Crippen LogP contribution in [0.5, 0.6) is 0 Å². The standard InChI is InChI=1S/C15H26N4OS/c1-4-11(3)19(5-2)14(20)12-13(16)17-15(21-12)18-9-7-6-8-10-18/h11H,4-10,16H2,1-3H3. The first-order chi connectivity index (χ1) is 10.1. The van der Waals surface area contributed by atoms with Crippen LogP contribution in [0, 0.1) is 0 Å². The normalized spacial score (nSPS) is 16.8. The number of hydrogen-bond donors (Lipinski definition) is 1. The summed E-state index contributed by atoms with van der Waals surface area (Å²) in [5.74, 6) is 0.400. The number of thiazole rings is 1. The first-order valence-corrected chi connectivity index (χ1v) is 8.72. The molecule has 1 aliphatic rings. The molecule has 1 amide bonds. The highest BCUT2D eigenvalue weighted by Gasteiger charge is 2.25. The van der Waals surface area contributed by atoms with E-state index in [9.17, 15) is 4.79 Å². The summed E-state index contributed by atoms with van der Waals surface area (Å²) in [6, 6.07) is 0.224. The van der Waals surface area contributed by atoms with Gasteiger partial charge in [0, 0.05) is 25.7 Å². The van der Waals surface area contributed by atoms with Crippen LogP contribution < -0.4 is 10.6 Å². The highest BCUT2D eigenvalue weighted by molar-refractivity contribution is 7.18. The number of nitrogens with zero attached hydrogens (tertiary/aromatic N) is 3. The van der Waals surface area contributed by atoms with E-state index in [1.54, 1.807) is 0 Å². The van der Waals surface area contributed by atoms with E-state index in [-0.39, 0.29) is 11.9 Å². The minimum absolute atomic E-state index is 0.0186. The number of aromatic nitrogens is 1. The zero-order chi connectivity index (χ0) is 15.4. The lowest BCUT2D eigenvalue weighted by molar-refractivity contribution is 0.0706. The molecule has 1 aromatic heterocycles. The lowest BCUT2D eigenvalue weighted by Crippen LogP contribution is -2.38. The third-order valence-electron chi connectivity index (χ3n) is 4.19. The van der Waals surface area contributed by atoms with Crippen LogP contribution in [-0.2, 0) is 0 Å². The second-order valence-electron chi connectivity index (χ2n) is 5.61. The minimum Gasteiger partial charge on any atom is -0.382 e. The highest BCUT2D eigenvalue weighted by atomic mass is 32.1. The molecule has 2 rings (SSSR count). The largest absolute Gasteiger partial charge is 0.382 e. The number of hydrogen-bond acceptors (Lipinski definition) is 5. The number of piperidine rings is 1. The van der Waals surface area contributed by atoms with Crippen LogP contribution in [-0.4, -0.2) is 41.5 Å². The molecule has 1 fully saturated rings. The van der Waals surface area contributed by atoms with E-state index in [0.29, 0.717) is 17.2 Å². The number of amides is 1. The molecule has 118 valence electrons. The Morgan fingerprint density at radius 1 is 1.38 bits per heavy atom. The molecule has 0 radical (unpaired) electrons. The van der Waals surface area contributed by atoms with Crippen LogP contribution in [0.3, 0.4) is 0 Å². The number of carbonyl (C=O) groups is 1. The summed E-state index contributed by atoms with van der Waals surface area (Å²) in [6.45, 7) is 8.91. The molecule has 0 aliphatic carbocycles. The summed E-state index contributed by atoms with van der Waals surface area (Å²) in [5.41, 5.74) is 6.01. The molecule has 21 heavy (non-hydrogen) atoms. The predicted molar refractivity (Wildman–Crippen MR) is 89.1 cm³/mol. The molecule has 0 saturated carbocycles. The van der Waals surface area contributed by atoms with Crippen molar-refractivity contribution in [3.05, 3.63) is 4.88 Å². The monoisotopic (exact) mass is 310 g/mol. The van der Waals surface area contributed by atoms with Crippen molar-refractivity contribution >= 4 is 28.2 Å². The molecule has 1 aliphatic heterocycles. The zero-order valence-corrected chi connectivity index (χ0v) is 14.1. The van der Waals surface area contributed by atoms with Crippen LogP contribution in [0.1, 0.15) is 56.1 Å². The van der Waals surface area contributed by atoms with Crippen LogP contribution >= 0.6 is 11.3 Å². The maximum Gasteiger partial charge on any atom is 0.268 e. The van der Waals surface area contributed by atoms with Crippen molar-refractivity contribution in [3.63, 3.8) is 0 Å². The van der Waals surface area contributed by atoms with Gasteiger partial charge < -0.3 is 15.5 Å². The van der Waals surface area contributed by atoms with Gasteiger partial charge in [-0.15, -0.1) is 0 Å². The van der Waals surface area contributed by atoms with Crippen molar-refractivity contribution in [2.45, 2.75) is 52.5 Å². The van der Waals surface area contributed by atoms with Gasteiger partial charge in [0.2, 0.25) is 0 Å². The maximum absolute atomic E-state index is 12.7. The van der Waals surface area contributed by atoms with Crippen LogP contribution in [0.2, 0.25) is 0 Å². The molecule has 1 saturated heterocycles. The van der Waals surface area contributed by atoms with Crippen LogP contribution in [0.15, 0.2) is 0 Å². The van der Waals surface area contributed by atoms with Gasteiger partial charge in [-0.2, -0.15) is 0 Å². The van der Waals surface area contributed by atoms with E-state index in [4.69, 9.17) is 5.73 Å². The fourth-order valence-electron chi connectivity index (χ4n) is 2.70. The van der Waals surface area contributed by atoms with E-state index in [1.807, 2.05) is 11.8 Å². The lowest BCUT2D eigenvalue weighted by Gasteiger charge is -2.27. The van der Waals surface area contributed by atoms with E-state index in [1.165, 1.54) is 30.6 Å². The van der Waals surface area contributed by atoms with Gasteiger partial charge in [-0.1, -0.05) is 18.3 Å². The number of carbonyl (C=O) groups excluding carboxylic acids is 1. The minimum atomic E-state index is 0.0186. The SMILES string of the molecule is CCC(C)N(CC)C(=O)c1sc(N2CCCCC2)nc1N. The van der Waals surface area contributed by atoms with Gasteiger partial charge in [-0.05, 0) is 39.5 Å². The van der Waals surface area contributed by atoms with E-state index in [2.05, 4.69) is 23.7 Å². The van der Waals surface area contributed by atoms with Gasteiger partial charge in [-0.25, -0.2) is 4.98 Å². The highest BCUT2D eigenvalue weighted by Crippen LogP contribution is 2.31. The molecule has 1 aromatic rings. The fraction of sp³-hybridized carbons (Fsp3) is 0.733. The summed E-state index contributed by atoms with van der Waals surface area (Å²) in [4.78, 5) is 21.8. The van der Waals surface area contributed by atoms with Crippen molar-refractivity contribution < 1.29 is 4.79 Å². The predicted octanol–water partition coefficient (Wildman–Crippen LogP) is 2.98. The molecule has 0 bridgehead atoms. The van der Waals surface area contributed by atoms with Gasteiger partial charge >= 0.3 is 0 Å². The summed E-state index contributed by atoms with van der Waals surface area (Å²) in [5, 5.41) is 0.899. The van der Waals surface area contributed by atoms with Crippen molar-refractivity contribution in [1.29, 1.82) is 0 Å². The Hall–Kier alpha value is -1.30. The van der Waals surface area contributed by atoms with Gasteiger partial charge in [0.15, 0.2) is 5.13 Å². The molecular weight excluding hydrogens is 284 g/mol. The summed E-state index contributed by atoms with van der Waals surface area (Å²) in [7, 11) is 0. The Kier molecular flexibility index (Phi) is 5.45. The third-order valence-corrected chi connectivity index (χ3v) is 5.31. The van der Waals surface area contributed by atoms with Crippen molar-refractivity contribution in [3.8, 4) is 0 Å². The number of nitrogens with two attached hydrogens (primary N) is 1. The van der Waals surface area contributed by atoms with E-state index in [0.717, 1.165) is 24.6 Å². The van der Waals surface area contributed by atoms with Crippen molar-refractivity contribution in [2.24, 2.45) is 0 Å². The molecule has 2 heterocycles. The lowest BCUT2D eigenvalue weighted by atomic mass is 10.1. The Bertz CT molecular complexity index is 482. The summed E-state index contributed by atoms with van der Waals surface area (Å²) >= 11 is 1.44. The molecule has 0 aromatic carbocycles. The van der Waals surface area contributed by atoms with E-state index < -0.39 is 0 Å². The second kappa shape index (κ2) is 7.11. The van der Waals surface area contributed by atoms with Gasteiger partial charge in [0.1, 0.15) is 10.7 Å². The maximum atomic E-state index is 12.7. The van der Waals surface area contributed by atoms with Crippen LogP contribution in [0.4, 0.5) is 10.9 Å². The quantitative estimate of drug-likeness (QED) is 0.908. The Morgan fingerprint density at radius 2 is 2.05 bits per heavy atom. The third kappa shape index (κ3) is 3.48. The number of rotatable bonds is 5. The van der Waals surface area contributed by atoms with Gasteiger partial charge in [0.05, 0.1) is 0 Å². The molecule has 6 heteroatoms. The average Bonchev–Trinajstić information content (AvgIpc) is 2.90. The molecule has 2 N–H and O–H groups in total. The Labute approximate surface area is 131 Å². The second-order valence-corrected chi connectivity index (χ2v) is 6.58. The fourth-order valence-corrected chi connectivity index (χ4v) is 3.69. The number of anilines is 2. The molecule has 1 unspecified atom stereocenters. The zero-order valence-electron chi connectivity index (χ0n) is 13.3. The first-order valence-electron chi connectivity index (χ1n) is 7.90. The average molecular weight is 310 g/mol. The number of nitrogen functional groups attached to an aromatic ring is 1. The molecule has 0 spiro atoms. The van der Waals surface area contributed by atoms with Gasteiger partial charge in [-0.3, -0.25) is 4.79 Å². The molecule has 5 nitrogen and oxygen atoms in total. The smallest absolute Gasteiger partial charge is 0.268 e. The van der Waals surface area contributed by atoms with Crippen LogP contribution in [0.25, 0.3) is 0 Å². The Morgan fingerprint density at radius 3 is 2.62 bits per heavy atom. The van der Waals surface area contributed by atoms with Crippen molar-refractivity contribution in [1.82, 2.24) is 9.88 Å². The van der Waals surface area contributed by atoms with E-state index >= 15 is 0 Å². The topological polar surface area (TPSA) is 62.5 Å². The first kappa shape index (κ1) is 16.1. The van der Waals surface area contributed by atoms with Gasteiger partial charge in [0.25, 0.3) is 5.91 Å².